The molecule has 4 nitrogen and oxygen atoms in total. The van der Waals surface area contributed by atoms with Crippen molar-refractivity contribution in [3.05, 3.63) is 11.7 Å². The Morgan fingerprint density at radius 2 is 2.31 bits per heavy atom. The van der Waals surface area contributed by atoms with Gasteiger partial charge in [-0.15, -0.1) is 0 Å². The average Bonchev–Trinajstić information content (AvgIpc) is 2.82. The van der Waals surface area contributed by atoms with Crippen molar-refractivity contribution >= 4 is 0 Å². The highest BCUT2D eigenvalue weighted by molar-refractivity contribution is 5.09. The summed E-state index contributed by atoms with van der Waals surface area (Å²) in [5, 5.41) is 7.68. The molecule has 1 saturated heterocycles. The minimum absolute atomic E-state index is 0.0327. The van der Waals surface area contributed by atoms with Crippen LogP contribution < -0.4 is 5.32 Å². The molecule has 1 aliphatic carbocycles. The highest BCUT2D eigenvalue weighted by atomic mass is 16.5. The zero-order chi connectivity index (χ0) is 11.0. The van der Waals surface area contributed by atoms with Gasteiger partial charge in [0.05, 0.1) is 5.54 Å². The molecule has 1 aromatic heterocycles. The van der Waals surface area contributed by atoms with Crippen molar-refractivity contribution in [1.29, 1.82) is 0 Å². The maximum atomic E-state index is 5.48. The molecular weight excluding hydrogens is 202 g/mol. The van der Waals surface area contributed by atoms with Crippen LogP contribution in [0.15, 0.2) is 4.52 Å². The second-order valence-corrected chi connectivity index (χ2v) is 5.05. The molecule has 2 fully saturated rings. The third-order valence-corrected chi connectivity index (χ3v) is 4.17. The Balaban J connectivity index is 1.84. The van der Waals surface area contributed by atoms with Crippen molar-refractivity contribution in [1.82, 2.24) is 15.5 Å². The van der Waals surface area contributed by atoms with E-state index in [9.17, 15) is 0 Å². The highest BCUT2D eigenvalue weighted by Gasteiger charge is 2.39. The fraction of sp³-hybridized carbons (Fsp3) is 0.833. The molecule has 1 N–H and O–H groups in total. The topological polar surface area (TPSA) is 51.0 Å². The lowest BCUT2D eigenvalue weighted by Crippen LogP contribution is -2.36. The van der Waals surface area contributed by atoms with Crippen LogP contribution in [0.1, 0.15) is 63.1 Å². The Bertz CT molecular complexity index is 364. The monoisotopic (exact) mass is 221 g/mol. The molecule has 4 heteroatoms. The van der Waals surface area contributed by atoms with E-state index < -0.39 is 0 Å². The normalized spacial score (nSPS) is 30.6. The average molecular weight is 221 g/mol. The number of nitrogens with zero attached hydrogens (tertiary/aromatic N) is 2. The Hall–Kier alpha value is -0.900. The van der Waals surface area contributed by atoms with E-state index in [1.54, 1.807) is 0 Å². The molecule has 0 radical (unpaired) electrons. The van der Waals surface area contributed by atoms with Gasteiger partial charge in [0.1, 0.15) is 0 Å². The molecule has 1 aromatic rings. The van der Waals surface area contributed by atoms with Gasteiger partial charge in [-0.3, -0.25) is 0 Å². The van der Waals surface area contributed by atoms with Crippen molar-refractivity contribution in [2.75, 3.05) is 6.54 Å². The second kappa shape index (κ2) is 3.84. The standard InChI is InChI=1S/C12H19N3O/c1-2-12(7-4-8-13-12)11-14-10(15-16-11)9-5-3-6-9/h9,13H,2-8H2,1H3. The van der Waals surface area contributed by atoms with Crippen LogP contribution in [0.3, 0.4) is 0 Å². The fourth-order valence-corrected chi connectivity index (χ4v) is 2.70. The molecule has 16 heavy (non-hydrogen) atoms. The van der Waals surface area contributed by atoms with Gasteiger partial charge < -0.3 is 9.84 Å². The van der Waals surface area contributed by atoms with E-state index in [0.717, 1.165) is 31.1 Å². The Morgan fingerprint density at radius 3 is 2.88 bits per heavy atom. The molecule has 1 saturated carbocycles. The smallest absolute Gasteiger partial charge is 0.246 e. The summed E-state index contributed by atoms with van der Waals surface area (Å²) in [6.45, 7) is 3.25. The summed E-state index contributed by atoms with van der Waals surface area (Å²) in [6, 6.07) is 0. The van der Waals surface area contributed by atoms with Gasteiger partial charge in [-0.25, -0.2) is 0 Å². The number of nitrogens with one attached hydrogen (secondary N) is 1. The molecule has 1 atom stereocenters. The van der Waals surface area contributed by atoms with E-state index in [-0.39, 0.29) is 5.54 Å². The van der Waals surface area contributed by atoms with E-state index in [1.807, 2.05) is 0 Å². The zero-order valence-electron chi connectivity index (χ0n) is 9.83. The van der Waals surface area contributed by atoms with Crippen LogP contribution in [0, 0.1) is 0 Å². The lowest BCUT2D eigenvalue weighted by atomic mass is 9.85. The minimum Gasteiger partial charge on any atom is -0.337 e. The Labute approximate surface area is 95.8 Å². The summed E-state index contributed by atoms with van der Waals surface area (Å²) in [6.07, 6.45) is 7.12. The summed E-state index contributed by atoms with van der Waals surface area (Å²) in [5.74, 6) is 2.31. The predicted molar refractivity (Wildman–Crippen MR) is 60.1 cm³/mol. The Kier molecular flexibility index (Phi) is 2.46. The first-order chi connectivity index (χ1) is 7.84. The van der Waals surface area contributed by atoms with Crippen molar-refractivity contribution < 1.29 is 4.52 Å². The first-order valence-electron chi connectivity index (χ1n) is 6.43. The Morgan fingerprint density at radius 1 is 1.44 bits per heavy atom. The lowest BCUT2D eigenvalue weighted by molar-refractivity contribution is 0.247. The van der Waals surface area contributed by atoms with Crippen molar-refractivity contribution in [3.63, 3.8) is 0 Å². The highest BCUT2D eigenvalue weighted by Crippen LogP contribution is 2.37. The zero-order valence-corrected chi connectivity index (χ0v) is 9.83. The van der Waals surface area contributed by atoms with Crippen LogP contribution in [0.2, 0.25) is 0 Å². The van der Waals surface area contributed by atoms with Crippen molar-refractivity contribution in [2.45, 2.75) is 56.9 Å². The summed E-state index contributed by atoms with van der Waals surface area (Å²) >= 11 is 0. The number of aromatic nitrogens is 2. The first kappa shape index (κ1) is 10.3. The van der Waals surface area contributed by atoms with Gasteiger partial charge in [0.2, 0.25) is 5.89 Å². The molecule has 1 aliphatic heterocycles. The van der Waals surface area contributed by atoms with Gasteiger partial charge >= 0.3 is 0 Å². The predicted octanol–water partition coefficient (Wildman–Crippen LogP) is 2.33. The van der Waals surface area contributed by atoms with E-state index in [2.05, 4.69) is 22.4 Å². The molecule has 2 aliphatic rings. The maximum Gasteiger partial charge on any atom is 0.246 e. The third-order valence-electron chi connectivity index (χ3n) is 4.17. The van der Waals surface area contributed by atoms with Gasteiger partial charge in [0, 0.05) is 5.92 Å². The van der Waals surface area contributed by atoms with Gasteiger partial charge in [-0.05, 0) is 38.6 Å². The fourth-order valence-electron chi connectivity index (χ4n) is 2.70. The van der Waals surface area contributed by atoms with Gasteiger partial charge in [0.15, 0.2) is 5.82 Å². The maximum absolute atomic E-state index is 5.48. The quantitative estimate of drug-likeness (QED) is 0.851. The van der Waals surface area contributed by atoms with Crippen LogP contribution in [0.5, 0.6) is 0 Å². The second-order valence-electron chi connectivity index (χ2n) is 5.05. The molecule has 88 valence electrons. The molecule has 0 aromatic carbocycles. The van der Waals surface area contributed by atoms with Gasteiger partial charge in [-0.1, -0.05) is 18.5 Å². The van der Waals surface area contributed by atoms with Crippen LogP contribution in [0.25, 0.3) is 0 Å². The van der Waals surface area contributed by atoms with E-state index in [4.69, 9.17) is 4.52 Å². The third kappa shape index (κ3) is 1.47. The van der Waals surface area contributed by atoms with Crippen LogP contribution in [0.4, 0.5) is 0 Å². The molecule has 0 bridgehead atoms. The van der Waals surface area contributed by atoms with Crippen LogP contribution in [-0.2, 0) is 5.54 Å². The van der Waals surface area contributed by atoms with E-state index in [1.165, 1.54) is 25.7 Å². The summed E-state index contributed by atoms with van der Waals surface area (Å²) < 4.78 is 5.48. The number of rotatable bonds is 3. The SMILES string of the molecule is CCC1(c2nc(C3CCC3)no2)CCCN1. The summed E-state index contributed by atoms with van der Waals surface area (Å²) in [5.41, 5.74) is -0.0327. The summed E-state index contributed by atoms with van der Waals surface area (Å²) in [4.78, 5) is 4.62. The molecular formula is C12H19N3O. The van der Waals surface area contributed by atoms with Crippen LogP contribution >= 0.6 is 0 Å². The minimum atomic E-state index is -0.0327. The number of hydrogen-bond acceptors (Lipinski definition) is 4. The lowest BCUT2D eigenvalue weighted by Gasteiger charge is -2.23. The number of hydrogen-bond donors (Lipinski definition) is 1. The van der Waals surface area contributed by atoms with E-state index in [0.29, 0.717) is 5.92 Å². The first-order valence-corrected chi connectivity index (χ1v) is 6.43. The molecule has 3 rings (SSSR count). The van der Waals surface area contributed by atoms with Crippen molar-refractivity contribution in [3.8, 4) is 0 Å². The van der Waals surface area contributed by atoms with Gasteiger partial charge in [-0.2, -0.15) is 4.98 Å². The summed E-state index contributed by atoms with van der Waals surface area (Å²) in [7, 11) is 0. The van der Waals surface area contributed by atoms with Crippen LogP contribution in [-0.4, -0.2) is 16.7 Å². The molecule has 0 spiro atoms. The van der Waals surface area contributed by atoms with Crippen molar-refractivity contribution in [2.24, 2.45) is 0 Å². The molecule has 0 amide bonds. The van der Waals surface area contributed by atoms with E-state index >= 15 is 0 Å². The molecule has 1 unspecified atom stereocenters. The largest absolute Gasteiger partial charge is 0.337 e. The van der Waals surface area contributed by atoms with Gasteiger partial charge in [0.25, 0.3) is 0 Å². The molecule has 2 heterocycles.